The van der Waals surface area contributed by atoms with E-state index in [-0.39, 0.29) is 34.3 Å². The van der Waals surface area contributed by atoms with Gasteiger partial charge in [-0.25, -0.2) is 13.2 Å². The SMILES string of the molecule is CCc1c(C)sc(NC(=O)C2CC23CCS(=O)(=O)CC3)c1C(=O)O. The van der Waals surface area contributed by atoms with E-state index in [1.165, 1.54) is 11.3 Å². The van der Waals surface area contributed by atoms with E-state index in [0.29, 0.717) is 30.7 Å². The van der Waals surface area contributed by atoms with Crippen molar-refractivity contribution in [2.24, 2.45) is 11.3 Å². The highest BCUT2D eigenvalue weighted by Crippen LogP contribution is 2.60. The van der Waals surface area contributed by atoms with Crippen molar-refractivity contribution in [1.82, 2.24) is 0 Å². The third-order valence-corrected chi connectivity index (χ3v) is 8.06. The number of rotatable bonds is 4. The first kappa shape index (κ1) is 17.4. The summed E-state index contributed by atoms with van der Waals surface area (Å²) in [6.45, 7) is 3.75. The molecule has 1 aliphatic carbocycles. The molecule has 8 heteroatoms. The minimum Gasteiger partial charge on any atom is -0.478 e. The maximum Gasteiger partial charge on any atom is 0.339 e. The Bertz CT molecular complexity index is 795. The lowest BCUT2D eigenvalue weighted by atomic mass is 9.96. The van der Waals surface area contributed by atoms with Crippen molar-refractivity contribution in [1.29, 1.82) is 0 Å². The Labute approximate surface area is 145 Å². The second kappa shape index (κ2) is 5.84. The van der Waals surface area contributed by atoms with Gasteiger partial charge in [-0.1, -0.05) is 6.92 Å². The molecule has 0 radical (unpaired) electrons. The standard InChI is InChI=1S/C16H21NO5S2/c1-3-10-9(2)23-14(12(10)15(19)20)17-13(18)11-8-16(11)4-6-24(21,22)7-5-16/h11H,3-8H2,1-2H3,(H,17,18)(H,19,20). The molecule has 132 valence electrons. The van der Waals surface area contributed by atoms with Crippen LogP contribution in [-0.2, 0) is 21.1 Å². The van der Waals surface area contributed by atoms with E-state index in [9.17, 15) is 23.1 Å². The molecule has 1 unspecified atom stereocenters. The largest absolute Gasteiger partial charge is 0.478 e. The monoisotopic (exact) mass is 371 g/mol. The van der Waals surface area contributed by atoms with Crippen molar-refractivity contribution in [3.05, 3.63) is 16.0 Å². The fourth-order valence-electron chi connectivity index (χ4n) is 3.73. The highest BCUT2D eigenvalue weighted by molar-refractivity contribution is 7.91. The summed E-state index contributed by atoms with van der Waals surface area (Å²) < 4.78 is 23.1. The summed E-state index contributed by atoms with van der Waals surface area (Å²) in [4.78, 5) is 25.0. The number of sulfone groups is 1. The first-order chi connectivity index (χ1) is 11.2. The van der Waals surface area contributed by atoms with Crippen molar-refractivity contribution in [3.8, 4) is 0 Å². The predicted molar refractivity (Wildman–Crippen MR) is 92.5 cm³/mol. The normalized spacial score (nSPS) is 23.8. The number of amides is 1. The molecule has 1 aromatic rings. The number of hydrogen-bond acceptors (Lipinski definition) is 5. The lowest BCUT2D eigenvalue weighted by molar-refractivity contribution is -0.118. The first-order valence-corrected chi connectivity index (χ1v) is 10.7. The smallest absolute Gasteiger partial charge is 0.339 e. The van der Waals surface area contributed by atoms with Gasteiger partial charge >= 0.3 is 5.97 Å². The molecule has 1 aromatic heterocycles. The second-order valence-corrected chi connectivity index (χ2v) is 10.3. The molecule has 1 atom stereocenters. The average Bonchev–Trinajstić information content (AvgIpc) is 3.12. The van der Waals surface area contributed by atoms with Gasteiger partial charge in [0.1, 0.15) is 14.8 Å². The van der Waals surface area contributed by atoms with Crippen LogP contribution in [0.1, 0.15) is 47.0 Å². The maximum absolute atomic E-state index is 12.5. The van der Waals surface area contributed by atoms with Crippen LogP contribution in [0.15, 0.2) is 0 Å². The zero-order valence-corrected chi connectivity index (χ0v) is 15.3. The third kappa shape index (κ3) is 2.97. The topological polar surface area (TPSA) is 101 Å². The van der Waals surface area contributed by atoms with Crippen LogP contribution in [-0.4, -0.2) is 36.9 Å². The van der Waals surface area contributed by atoms with Gasteiger partial charge < -0.3 is 10.4 Å². The molecule has 2 N–H and O–H groups in total. The summed E-state index contributed by atoms with van der Waals surface area (Å²) in [5, 5.41) is 12.6. The van der Waals surface area contributed by atoms with Gasteiger partial charge in [-0.3, -0.25) is 4.79 Å². The number of aromatic carboxylic acids is 1. The summed E-state index contributed by atoms with van der Waals surface area (Å²) in [6.07, 6.45) is 2.36. The highest BCUT2D eigenvalue weighted by atomic mass is 32.2. The van der Waals surface area contributed by atoms with Gasteiger partial charge in [-0.05, 0) is 43.6 Å². The fraction of sp³-hybridized carbons (Fsp3) is 0.625. The van der Waals surface area contributed by atoms with Gasteiger partial charge in [0.25, 0.3) is 0 Å². The van der Waals surface area contributed by atoms with E-state index in [1.807, 2.05) is 13.8 Å². The van der Waals surface area contributed by atoms with Gasteiger partial charge in [0.05, 0.1) is 17.1 Å². The van der Waals surface area contributed by atoms with E-state index in [2.05, 4.69) is 5.32 Å². The molecule has 0 bridgehead atoms. The minimum atomic E-state index is -2.95. The Morgan fingerprint density at radius 2 is 1.96 bits per heavy atom. The molecule has 1 amide bonds. The van der Waals surface area contributed by atoms with Crippen LogP contribution in [0.5, 0.6) is 0 Å². The number of carboxylic acid groups (broad SMARTS) is 1. The van der Waals surface area contributed by atoms with Crippen molar-refractivity contribution in [2.45, 2.75) is 39.5 Å². The number of aryl methyl sites for hydroxylation is 1. The summed E-state index contributed by atoms with van der Waals surface area (Å²) >= 11 is 1.29. The van der Waals surface area contributed by atoms with E-state index in [0.717, 1.165) is 10.4 Å². The van der Waals surface area contributed by atoms with Crippen LogP contribution in [0.25, 0.3) is 0 Å². The van der Waals surface area contributed by atoms with Crippen LogP contribution < -0.4 is 5.32 Å². The van der Waals surface area contributed by atoms with Gasteiger partial charge in [-0.15, -0.1) is 11.3 Å². The average molecular weight is 371 g/mol. The van der Waals surface area contributed by atoms with Crippen LogP contribution in [0, 0.1) is 18.3 Å². The molecule has 1 saturated heterocycles. The lowest BCUT2D eigenvalue weighted by Gasteiger charge is -2.22. The number of hydrogen-bond donors (Lipinski definition) is 2. The number of anilines is 1. The maximum atomic E-state index is 12.5. The number of carbonyl (C=O) groups excluding carboxylic acids is 1. The van der Waals surface area contributed by atoms with Crippen molar-refractivity contribution >= 4 is 38.1 Å². The highest BCUT2D eigenvalue weighted by Gasteiger charge is 2.59. The van der Waals surface area contributed by atoms with Crippen LogP contribution in [0.2, 0.25) is 0 Å². The minimum absolute atomic E-state index is 0.148. The van der Waals surface area contributed by atoms with Gasteiger partial charge in [-0.2, -0.15) is 0 Å². The summed E-state index contributed by atoms with van der Waals surface area (Å²) in [5.74, 6) is -1.12. The molecule has 2 heterocycles. The molecule has 1 saturated carbocycles. The Kier molecular flexibility index (Phi) is 4.24. The number of carboxylic acids is 1. The number of thiophene rings is 1. The zero-order valence-electron chi connectivity index (χ0n) is 13.7. The van der Waals surface area contributed by atoms with Crippen molar-refractivity contribution < 1.29 is 23.1 Å². The van der Waals surface area contributed by atoms with E-state index >= 15 is 0 Å². The second-order valence-electron chi connectivity index (χ2n) is 6.76. The molecule has 24 heavy (non-hydrogen) atoms. The zero-order chi connectivity index (χ0) is 17.7. The number of carbonyl (C=O) groups is 2. The van der Waals surface area contributed by atoms with Gasteiger partial charge in [0.2, 0.25) is 5.91 Å². The van der Waals surface area contributed by atoms with E-state index in [4.69, 9.17) is 0 Å². The molecule has 1 spiro atoms. The van der Waals surface area contributed by atoms with E-state index < -0.39 is 15.8 Å². The summed E-state index contributed by atoms with van der Waals surface area (Å²) in [5.41, 5.74) is 0.755. The van der Waals surface area contributed by atoms with Crippen molar-refractivity contribution in [3.63, 3.8) is 0 Å². The van der Waals surface area contributed by atoms with Gasteiger partial charge in [0, 0.05) is 10.8 Å². The molecule has 2 fully saturated rings. The van der Waals surface area contributed by atoms with E-state index in [1.54, 1.807) is 0 Å². The Hall–Kier alpha value is -1.41. The molecule has 0 aromatic carbocycles. The molecular formula is C16H21NO5S2. The lowest BCUT2D eigenvalue weighted by Crippen LogP contribution is -2.28. The predicted octanol–water partition coefficient (Wildman–Crippen LogP) is 2.47. The summed E-state index contributed by atoms with van der Waals surface area (Å²) in [7, 11) is -2.95. The quantitative estimate of drug-likeness (QED) is 0.847. The Balaban J connectivity index is 1.74. The molecule has 3 rings (SSSR count). The van der Waals surface area contributed by atoms with Crippen LogP contribution in [0.4, 0.5) is 5.00 Å². The Morgan fingerprint density at radius 1 is 1.33 bits per heavy atom. The van der Waals surface area contributed by atoms with Crippen molar-refractivity contribution in [2.75, 3.05) is 16.8 Å². The first-order valence-electron chi connectivity index (χ1n) is 8.06. The fourth-order valence-corrected chi connectivity index (χ4v) is 6.51. The third-order valence-electron chi connectivity index (χ3n) is 5.34. The Morgan fingerprint density at radius 3 is 2.50 bits per heavy atom. The van der Waals surface area contributed by atoms with Gasteiger partial charge in [0.15, 0.2) is 0 Å². The molecule has 6 nitrogen and oxygen atoms in total. The van der Waals surface area contributed by atoms with Crippen LogP contribution in [0.3, 0.4) is 0 Å². The summed E-state index contributed by atoms with van der Waals surface area (Å²) in [6, 6.07) is 0. The molecule has 1 aliphatic heterocycles. The molecular weight excluding hydrogens is 350 g/mol. The van der Waals surface area contributed by atoms with Crippen LogP contribution >= 0.6 is 11.3 Å². The molecule has 2 aliphatic rings. The number of nitrogens with one attached hydrogen (secondary N) is 1.